The zero-order valence-electron chi connectivity index (χ0n) is 12.2. The second kappa shape index (κ2) is 6.53. The monoisotopic (exact) mass is 327 g/mol. The molecule has 1 aliphatic heterocycles. The van der Waals surface area contributed by atoms with Gasteiger partial charge in [0.2, 0.25) is 5.95 Å². The van der Waals surface area contributed by atoms with Crippen molar-refractivity contribution in [2.75, 3.05) is 18.5 Å². The van der Waals surface area contributed by atoms with Crippen LogP contribution in [0.1, 0.15) is 30.3 Å². The van der Waals surface area contributed by atoms with Crippen LogP contribution in [0.5, 0.6) is 0 Å². The highest BCUT2D eigenvalue weighted by atomic mass is 19.4. The molecule has 2 atom stereocenters. The Labute approximate surface area is 130 Å². The van der Waals surface area contributed by atoms with E-state index in [0.717, 1.165) is 30.8 Å². The van der Waals surface area contributed by atoms with E-state index < -0.39 is 11.9 Å². The number of rotatable bonds is 4. The molecule has 23 heavy (non-hydrogen) atoms. The molecule has 124 valence electrons. The molecule has 0 aromatic carbocycles. The number of nitrogens with one attached hydrogen (secondary N) is 2. The molecule has 2 aromatic heterocycles. The molecule has 0 radical (unpaired) electrons. The lowest BCUT2D eigenvalue weighted by Gasteiger charge is -2.31. The molecule has 0 amide bonds. The Balaban J connectivity index is 1.67. The predicted octanol–water partition coefficient (Wildman–Crippen LogP) is 2.80. The topological polar surface area (TPSA) is 75.7 Å². The van der Waals surface area contributed by atoms with Crippen LogP contribution in [-0.4, -0.2) is 33.3 Å². The Kier molecular flexibility index (Phi) is 4.46. The van der Waals surface area contributed by atoms with Crippen molar-refractivity contribution < 1.29 is 17.9 Å². The summed E-state index contributed by atoms with van der Waals surface area (Å²) in [6.45, 7) is 1.07. The van der Waals surface area contributed by atoms with Crippen molar-refractivity contribution in [3.63, 3.8) is 0 Å². The van der Waals surface area contributed by atoms with Crippen molar-refractivity contribution in [2.45, 2.75) is 25.1 Å². The Morgan fingerprint density at radius 3 is 2.91 bits per heavy atom. The molecule has 0 saturated carbocycles. The lowest BCUT2D eigenvalue weighted by molar-refractivity contribution is -0.141. The van der Waals surface area contributed by atoms with Gasteiger partial charge in [-0.3, -0.25) is 5.10 Å². The molecule has 3 rings (SSSR count). The number of halogens is 3. The third-order valence-corrected chi connectivity index (χ3v) is 3.74. The van der Waals surface area contributed by atoms with E-state index in [1.165, 1.54) is 0 Å². The Bertz CT molecular complexity index is 632. The first kappa shape index (κ1) is 15.7. The number of nitrogens with zero attached hydrogens (tertiary/aromatic N) is 3. The molecule has 3 heterocycles. The fourth-order valence-electron chi connectivity index (χ4n) is 2.65. The quantitative estimate of drug-likeness (QED) is 0.903. The first-order valence-corrected chi connectivity index (χ1v) is 7.29. The molecule has 1 saturated heterocycles. The lowest BCUT2D eigenvalue weighted by atomic mass is 9.92. The lowest BCUT2D eigenvalue weighted by Crippen LogP contribution is -2.29. The molecule has 1 aliphatic rings. The van der Waals surface area contributed by atoms with E-state index in [9.17, 15) is 13.2 Å². The van der Waals surface area contributed by atoms with Crippen LogP contribution in [0, 0.1) is 5.92 Å². The number of aromatic amines is 1. The van der Waals surface area contributed by atoms with E-state index in [2.05, 4.69) is 25.5 Å². The summed E-state index contributed by atoms with van der Waals surface area (Å²) >= 11 is 0. The SMILES string of the molecule is FC(F)(F)c1ccnc(NC[C@@H]2CCCO[C@H]2c2ccn[nH]2)n1. The van der Waals surface area contributed by atoms with E-state index in [-0.39, 0.29) is 18.0 Å². The van der Waals surface area contributed by atoms with Gasteiger partial charge in [0.15, 0.2) is 0 Å². The van der Waals surface area contributed by atoms with Gasteiger partial charge in [-0.15, -0.1) is 0 Å². The van der Waals surface area contributed by atoms with Crippen LogP contribution in [0.15, 0.2) is 24.5 Å². The number of hydrogen-bond acceptors (Lipinski definition) is 5. The fourth-order valence-corrected chi connectivity index (χ4v) is 2.65. The minimum Gasteiger partial charge on any atom is -0.372 e. The number of alkyl halides is 3. The average molecular weight is 327 g/mol. The smallest absolute Gasteiger partial charge is 0.372 e. The molecule has 2 N–H and O–H groups in total. The third kappa shape index (κ3) is 3.79. The van der Waals surface area contributed by atoms with Gasteiger partial charge in [-0.05, 0) is 25.0 Å². The molecule has 9 heteroatoms. The fraction of sp³-hybridized carbons (Fsp3) is 0.500. The number of H-pyrrole nitrogens is 1. The maximum atomic E-state index is 12.7. The van der Waals surface area contributed by atoms with Gasteiger partial charge in [-0.2, -0.15) is 18.3 Å². The van der Waals surface area contributed by atoms with Crippen molar-refractivity contribution in [3.05, 3.63) is 35.9 Å². The van der Waals surface area contributed by atoms with Crippen LogP contribution < -0.4 is 5.32 Å². The summed E-state index contributed by atoms with van der Waals surface area (Å²) in [6.07, 6.45) is -0.0955. The van der Waals surface area contributed by atoms with E-state index in [1.54, 1.807) is 6.20 Å². The second-order valence-corrected chi connectivity index (χ2v) is 5.35. The van der Waals surface area contributed by atoms with Crippen LogP contribution in [0.25, 0.3) is 0 Å². The standard InChI is InChI=1S/C14H16F3N5O/c15-14(16,17)11-4-5-18-13(21-11)19-8-9-2-1-7-23-12(9)10-3-6-20-22-10/h3-6,9,12H,1-2,7-8H2,(H,20,22)(H,18,19,21)/t9-,12+/m0/s1. The van der Waals surface area contributed by atoms with Crippen molar-refractivity contribution in [1.82, 2.24) is 20.2 Å². The average Bonchev–Trinajstić information content (AvgIpc) is 3.07. The van der Waals surface area contributed by atoms with E-state index >= 15 is 0 Å². The van der Waals surface area contributed by atoms with Crippen LogP contribution in [0.3, 0.4) is 0 Å². The zero-order chi connectivity index (χ0) is 16.3. The summed E-state index contributed by atoms with van der Waals surface area (Å²) in [7, 11) is 0. The minimum atomic E-state index is -4.48. The largest absolute Gasteiger partial charge is 0.433 e. The first-order chi connectivity index (χ1) is 11.0. The number of anilines is 1. The highest BCUT2D eigenvalue weighted by Gasteiger charge is 2.33. The third-order valence-electron chi connectivity index (χ3n) is 3.74. The van der Waals surface area contributed by atoms with Crippen molar-refractivity contribution in [2.24, 2.45) is 5.92 Å². The zero-order valence-corrected chi connectivity index (χ0v) is 12.2. The van der Waals surface area contributed by atoms with Crippen LogP contribution in [0.4, 0.5) is 19.1 Å². The van der Waals surface area contributed by atoms with Gasteiger partial charge in [-0.25, -0.2) is 9.97 Å². The number of aromatic nitrogens is 4. The van der Waals surface area contributed by atoms with Crippen molar-refractivity contribution >= 4 is 5.95 Å². The van der Waals surface area contributed by atoms with Gasteiger partial charge >= 0.3 is 6.18 Å². The predicted molar refractivity (Wildman–Crippen MR) is 75.5 cm³/mol. The highest BCUT2D eigenvalue weighted by Crippen LogP contribution is 2.32. The van der Waals surface area contributed by atoms with Gasteiger partial charge in [0, 0.05) is 31.5 Å². The molecular formula is C14H16F3N5O. The van der Waals surface area contributed by atoms with Gasteiger partial charge in [0.05, 0.1) is 5.69 Å². The molecule has 2 aromatic rings. The van der Waals surface area contributed by atoms with Crippen molar-refractivity contribution in [3.8, 4) is 0 Å². The normalized spacial score (nSPS) is 22.0. The maximum absolute atomic E-state index is 12.7. The van der Waals surface area contributed by atoms with Crippen LogP contribution in [-0.2, 0) is 10.9 Å². The summed E-state index contributed by atoms with van der Waals surface area (Å²) in [5, 5.41) is 9.68. The Morgan fingerprint density at radius 2 is 2.17 bits per heavy atom. The van der Waals surface area contributed by atoms with E-state index in [1.807, 2.05) is 6.07 Å². The summed E-state index contributed by atoms with van der Waals surface area (Å²) in [5.41, 5.74) is -0.0959. The molecule has 6 nitrogen and oxygen atoms in total. The van der Waals surface area contributed by atoms with Crippen LogP contribution in [0.2, 0.25) is 0 Å². The maximum Gasteiger partial charge on any atom is 0.433 e. The van der Waals surface area contributed by atoms with Gasteiger partial charge in [0.1, 0.15) is 11.8 Å². The minimum absolute atomic E-state index is 0.0336. The first-order valence-electron chi connectivity index (χ1n) is 7.29. The van der Waals surface area contributed by atoms with Crippen molar-refractivity contribution in [1.29, 1.82) is 0 Å². The molecular weight excluding hydrogens is 311 g/mol. The van der Waals surface area contributed by atoms with E-state index in [0.29, 0.717) is 13.2 Å². The van der Waals surface area contributed by atoms with E-state index in [4.69, 9.17) is 4.74 Å². The molecule has 1 fully saturated rings. The Hall–Kier alpha value is -2.16. The summed E-state index contributed by atoms with van der Waals surface area (Å²) < 4.78 is 43.8. The molecule has 0 bridgehead atoms. The number of hydrogen-bond donors (Lipinski definition) is 2. The summed E-state index contributed by atoms with van der Waals surface area (Å²) in [5.74, 6) is 0.0658. The number of ether oxygens (including phenoxy) is 1. The summed E-state index contributed by atoms with van der Waals surface area (Å²) in [6, 6.07) is 2.69. The highest BCUT2D eigenvalue weighted by molar-refractivity contribution is 5.26. The second-order valence-electron chi connectivity index (χ2n) is 5.35. The Morgan fingerprint density at radius 1 is 1.30 bits per heavy atom. The molecule has 0 unspecified atom stereocenters. The van der Waals surface area contributed by atoms with Gasteiger partial charge in [0.25, 0.3) is 0 Å². The van der Waals surface area contributed by atoms with Crippen LogP contribution >= 0.6 is 0 Å². The molecule has 0 aliphatic carbocycles. The van der Waals surface area contributed by atoms with Gasteiger partial charge < -0.3 is 10.1 Å². The van der Waals surface area contributed by atoms with Gasteiger partial charge in [-0.1, -0.05) is 0 Å². The summed E-state index contributed by atoms with van der Waals surface area (Å²) in [4.78, 5) is 7.35. The molecule has 0 spiro atoms.